The number of halogens is 1. The number of nitrogens with zero attached hydrogens (tertiary/aromatic N) is 2. The van der Waals surface area contributed by atoms with E-state index in [4.69, 9.17) is 11.6 Å². The molecular formula is C21H33ClN2O2. The van der Waals surface area contributed by atoms with Crippen LogP contribution in [0.4, 0.5) is 0 Å². The largest absolute Gasteiger partial charge is 0.390 e. The van der Waals surface area contributed by atoms with Gasteiger partial charge >= 0.3 is 0 Å². The molecular weight excluding hydrogens is 348 g/mol. The van der Waals surface area contributed by atoms with E-state index in [0.29, 0.717) is 43.0 Å². The lowest BCUT2D eigenvalue weighted by atomic mass is 10.0. The Hall–Kier alpha value is -1.10. The lowest BCUT2D eigenvalue weighted by molar-refractivity contribution is -0.131. The monoisotopic (exact) mass is 380 g/mol. The van der Waals surface area contributed by atoms with Crippen molar-refractivity contribution in [2.45, 2.75) is 84.2 Å². The number of hydrogen-bond donors (Lipinski definition) is 1. The highest BCUT2D eigenvalue weighted by atomic mass is 35.5. The van der Waals surface area contributed by atoms with Gasteiger partial charge in [-0.2, -0.15) is 0 Å². The van der Waals surface area contributed by atoms with E-state index in [1.54, 1.807) is 0 Å². The van der Waals surface area contributed by atoms with Crippen molar-refractivity contribution in [1.29, 1.82) is 0 Å². The predicted octanol–water partition coefficient (Wildman–Crippen LogP) is 4.09. The van der Waals surface area contributed by atoms with Crippen LogP contribution in [0.1, 0.15) is 58.9 Å². The van der Waals surface area contributed by atoms with Gasteiger partial charge in [0.05, 0.1) is 12.1 Å². The molecule has 1 aromatic rings. The maximum atomic E-state index is 12.4. The van der Waals surface area contributed by atoms with Gasteiger partial charge in [-0.05, 0) is 44.7 Å². The summed E-state index contributed by atoms with van der Waals surface area (Å²) in [5, 5.41) is 11.6. The van der Waals surface area contributed by atoms with Crippen LogP contribution in [0.25, 0.3) is 0 Å². The number of carbonyl (C=O) groups excluding carboxylic acids is 1. The summed E-state index contributed by atoms with van der Waals surface area (Å²) in [7, 11) is 0. The summed E-state index contributed by atoms with van der Waals surface area (Å²) in [4.78, 5) is 16.6. The molecule has 1 heterocycles. The van der Waals surface area contributed by atoms with Crippen molar-refractivity contribution in [1.82, 2.24) is 9.80 Å². The minimum absolute atomic E-state index is 0.104. The van der Waals surface area contributed by atoms with Gasteiger partial charge in [0.1, 0.15) is 0 Å². The highest BCUT2D eigenvalue weighted by molar-refractivity contribution is 6.31. The normalized spacial score (nSPS) is 21.3. The van der Waals surface area contributed by atoms with Crippen molar-refractivity contribution in [3.8, 4) is 0 Å². The van der Waals surface area contributed by atoms with Gasteiger partial charge in [-0.15, -0.1) is 0 Å². The molecule has 4 atom stereocenters. The third kappa shape index (κ3) is 4.99. The molecule has 4 nitrogen and oxygen atoms in total. The summed E-state index contributed by atoms with van der Waals surface area (Å²) in [6, 6.07) is 8.29. The zero-order valence-electron chi connectivity index (χ0n) is 16.5. The molecule has 2 unspecified atom stereocenters. The Morgan fingerprint density at radius 1 is 1.23 bits per heavy atom. The van der Waals surface area contributed by atoms with E-state index in [2.05, 4.69) is 32.6 Å². The van der Waals surface area contributed by atoms with E-state index < -0.39 is 6.10 Å². The van der Waals surface area contributed by atoms with Crippen LogP contribution < -0.4 is 0 Å². The fourth-order valence-electron chi connectivity index (χ4n) is 3.77. The smallest absolute Gasteiger partial charge is 0.223 e. The number of amides is 1. The number of hydrogen-bond acceptors (Lipinski definition) is 3. The van der Waals surface area contributed by atoms with Crippen molar-refractivity contribution in [3.05, 3.63) is 34.9 Å². The molecule has 1 aliphatic heterocycles. The third-order valence-electron chi connectivity index (χ3n) is 5.83. The van der Waals surface area contributed by atoms with Crippen LogP contribution in [0.5, 0.6) is 0 Å². The van der Waals surface area contributed by atoms with Gasteiger partial charge in [0.25, 0.3) is 0 Å². The first-order valence-corrected chi connectivity index (χ1v) is 10.2. The zero-order chi connectivity index (χ0) is 19.3. The maximum absolute atomic E-state index is 12.4. The van der Waals surface area contributed by atoms with E-state index >= 15 is 0 Å². The van der Waals surface area contributed by atoms with Crippen molar-refractivity contribution in [3.63, 3.8) is 0 Å². The Kier molecular flexibility index (Phi) is 7.93. The van der Waals surface area contributed by atoms with Gasteiger partial charge < -0.3 is 10.0 Å². The first kappa shape index (κ1) is 21.2. The first-order valence-electron chi connectivity index (χ1n) is 9.85. The average molecular weight is 381 g/mol. The van der Waals surface area contributed by atoms with Gasteiger partial charge in [-0.25, -0.2) is 0 Å². The van der Waals surface area contributed by atoms with E-state index in [1.165, 1.54) is 0 Å². The van der Waals surface area contributed by atoms with Crippen molar-refractivity contribution < 1.29 is 9.90 Å². The number of benzene rings is 1. The number of likely N-dealkylation sites (tertiary alicyclic amines) is 1. The fourth-order valence-corrected chi connectivity index (χ4v) is 3.97. The van der Waals surface area contributed by atoms with Crippen LogP contribution in [0.15, 0.2) is 24.3 Å². The molecule has 26 heavy (non-hydrogen) atoms. The van der Waals surface area contributed by atoms with Crippen molar-refractivity contribution in [2.24, 2.45) is 0 Å². The molecule has 1 saturated heterocycles. The molecule has 1 N–H and O–H groups in total. The molecule has 0 radical (unpaired) electrons. The van der Waals surface area contributed by atoms with Gasteiger partial charge in [0.2, 0.25) is 5.91 Å². The molecule has 2 rings (SSSR count). The minimum Gasteiger partial charge on any atom is -0.390 e. The summed E-state index contributed by atoms with van der Waals surface area (Å²) >= 11 is 6.27. The molecule has 0 spiro atoms. The zero-order valence-corrected chi connectivity index (χ0v) is 17.2. The van der Waals surface area contributed by atoms with Crippen LogP contribution in [-0.2, 0) is 11.3 Å². The summed E-state index contributed by atoms with van der Waals surface area (Å²) in [5.74, 6) is 0.104. The second-order valence-corrected chi connectivity index (χ2v) is 7.90. The average Bonchev–Trinajstić information content (AvgIpc) is 3.00. The minimum atomic E-state index is -0.549. The summed E-state index contributed by atoms with van der Waals surface area (Å²) in [6.07, 6.45) is 2.75. The Morgan fingerprint density at radius 2 is 1.85 bits per heavy atom. The third-order valence-corrected chi connectivity index (χ3v) is 6.20. The molecule has 0 aromatic heterocycles. The summed E-state index contributed by atoms with van der Waals surface area (Å²) in [6.45, 7) is 9.83. The Labute approximate surface area is 163 Å². The van der Waals surface area contributed by atoms with E-state index in [1.807, 2.05) is 29.2 Å². The number of aliphatic hydroxyl groups is 1. The molecule has 146 valence electrons. The van der Waals surface area contributed by atoms with Crippen LogP contribution in [0, 0.1) is 0 Å². The highest BCUT2D eigenvalue weighted by Crippen LogP contribution is 2.27. The summed E-state index contributed by atoms with van der Waals surface area (Å²) < 4.78 is 0. The quantitative estimate of drug-likeness (QED) is 0.701. The summed E-state index contributed by atoms with van der Waals surface area (Å²) in [5.41, 5.74) is 0.933. The number of rotatable bonds is 9. The van der Waals surface area contributed by atoms with Gasteiger partial charge in [0.15, 0.2) is 0 Å². The molecule has 5 heteroatoms. The molecule has 0 saturated carbocycles. The Morgan fingerprint density at radius 3 is 2.42 bits per heavy atom. The van der Waals surface area contributed by atoms with Crippen LogP contribution in [0.2, 0.25) is 5.02 Å². The Balaban J connectivity index is 2.11. The SMILES string of the molecule is CCC(C)N(C[C@@H](O)[C@@H]1CCC(=O)N1Cc1ccccc1Cl)C(C)CC. The molecule has 1 aliphatic rings. The fraction of sp³-hybridized carbons (Fsp3) is 0.667. The molecule has 1 amide bonds. The van der Waals surface area contributed by atoms with Gasteiger partial charge in [-0.1, -0.05) is 43.6 Å². The first-order chi connectivity index (χ1) is 12.4. The lowest BCUT2D eigenvalue weighted by Crippen LogP contribution is -2.50. The molecule has 1 aromatic carbocycles. The second kappa shape index (κ2) is 9.72. The van der Waals surface area contributed by atoms with E-state index in [0.717, 1.165) is 18.4 Å². The van der Waals surface area contributed by atoms with E-state index in [9.17, 15) is 9.90 Å². The maximum Gasteiger partial charge on any atom is 0.223 e. The van der Waals surface area contributed by atoms with Crippen LogP contribution >= 0.6 is 11.6 Å². The molecule has 0 bridgehead atoms. The molecule has 0 aliphatic carbocycles. The lowest BCUT2D eigenvalue weighted by Gasteiger charge is -2.38. The van der Waals surface area contributed by atoms with E-state index in [-0.39, 0.29) is 11.9 Å². The van der Waals surface area contributed by atoms with Gasteiger partial charge in [0, 0.05) is 36.6 Å². The van der Waals surface area contributed by atoms with Crippen molar-refractivity contribution in [2.75, 3.05) is 6.54 Å². The van der Waals surface area contributed by atoms with Crippen LogP contribution in [-0.4, -0.2) is 51.6 Å². The Bertz CT molecular complexity index is 585. The van der Waals surface area contributed by atoms with Crippen molar-refractivity contribution >= 4 is 17.5 Å². The topological polar surface area (TPSA) is 43.8 Å². The van der Waals surface area contributed by atoms with Gasteiger partial charge in [-0.3, -0.25) is 9.69 Å². The highest BCUT2D eigenvalue weighted by Gasteiger charge is 2.37. The van der Waals surface area contributed by atoms with Crippen LogP contribution in [0.3, 0.4) is 0 Å². The number of aliphatic hydroxyl groups excluding tert-OH is 1. The standard InChI is InChI=1S/C21H33ClN2O2/c1-5-15(3)23(16(4)6-2)14-20(25)19-11-12-21(26)24(19)13-17-9-7-8-10-18(17)22/h7-10,15-16,19-20,25H,5-6,11-14H2,1-4H3/t15?,16?,19-,20+/m0/s1. The predicted molar refractivity (Wildman–Crippen MR) is 107 cm³/mol. The number of carbonyl (C=O) groups is 1. The molecule has 1 fully saturated rings. The second-order valence-electron chi connectivity index (χ2n) is 7.50.